The average Bonchev–Trinajstić information content (AvgIpc) is 2.69. The molecule has 1 heterocycles. The van der Waals surface area contributed by atoms with Crippen molar-refractivity contribution in [3.8, 4) is 0 Å². The molecule has 0 radical (unpaired) electrons. The predicted octanol–water partition coefficient (Wildman–Crippen LogP) is 3.80. The second-order valence-electron chi connectivity index (χ2n) is 5.90. The highest BCUT2D eigenvalue weighted by atomic mass is 35.5. The topological polar surface area (TPSA) is 84.4 Å². The SMILES string of the molecule is CCCN(CCC)c1ccc(C(=O)Nc2cc(C(=O)OC)ccc2Cl)nn1. The number of nitrogens with zero attached hydrogens (tertiary/aromatic N) is 3. The number of ether oxygens (including phenoxy) is 1. The Morgan fingerprint density at radius 3 is 2.37 bits per heavy atom. The number of hydrogen-bond acceptors (Lipinski definition) is 6. The molecule has 8 heteroatoms. The van der Waals surface area contributed by atoms with Gasteiger partial charge < -0.3 is 15.0 Å². The molecule has 0 aliphatic rings. The Labute approximate surface area is 163 Å². The standard InChI is InChI=1S/C19H23ClN4O3/c1-4-10-24(11-5-2)17-9-8-15(22-23-17)18(25)21-16-12-13(19(26)27-3)6-7-14(16)20/h6-9,12H,4-5,10-11H2,1-3H3,(H,21,25). The Kier molecular flexibility index (Phi) is 7.55. The lowest BCUT2D eigenvalue weighted by Crippen LogP contribution is -2.26. The summed E-state index contributed by atoms with van der Waals surface area (Å²) in [6.45, 7) is 5.96. The van der Waals surface area contributed by atoms with E-state index >= 15 is 0 Å². The number of esters is 1. The number of amides is 1. The number of rotatable bonds is 8. The lowest BCUT2D eigenvalue weighted by atomic mass is 10.2. The number of carbonyl (C=O) groups excluding carboxylic acids is 2. The number of benzene rings is 1. The van der Waals surface area contributed by atoms with Crippen molar-refractivity contribution >= 4 is 35.0 Å². The van der Waals surface area contributed by atoms with Crippen molar-refractivity contribution in [3.05, 3.63) is 46.6 Å². The van der Waals surface area contributed by atoms with E-state index < -0.39 is 11.9 Å². The van der Waals surface area contributed by atoms with Crippen molar-refractivity contribution in [3.63, 3.8) is 0 Å². The maximum Gasteiger partial charge on any atom is 0.337 e. The third-order valence-corrected chi connectivity index (χ3v) is 4.16. The van der Waals surface area contributed by atoms with Gasteiger partial charge >= 0.3 is 5.97 Å². The summed E-state index contributed by atoms with van der Waals surface area (Å²) in [4.78, 5) is 26.2. The van der Waals surface area contributed by atoms with E-state index in [1.165, 1.54) is 25.3 Å². The average molecular weight is 391 g/mol. The number of methoxy groups -OCH3 is 1. The molecule has 1 aromatic carbocycles. The third kappa shape index (κ3) is 5.40. The maximum atomic E-state index is 12.4. The van der Waals surface area contributed by atoms with E-state index in [0.717, 1.165) is 31.7 Å². The van der Waals surface area contributed by atoms with Gasteiger partial charge in [0.25, 0.3) is 5.91 Å². The fraction of sp³-hybridized carbons (Fsp3) is 0.368. The zero-order valence-electron chi connectivity index (χ0n) is 15.7. The van der Waals surface area contributed by atoms with Crippen LogP contribution in [0.25, 0.3) is 0 Å². The first-order valence-electron chi connectivity index (χ1n) is 8.78. The van der Waals surface area contributed by atoms with Gasteiger partial charge in [-0.3, -0.25) is 4.79 Å². The number of hydrogen-bond donors (Lipinski definition) is 1. The van der Waals surface area contributed by atoms with Crippen molar-refractivity contribution in [1.82, 2.24) is 10.2 Å². The minimum Gasteiger partial charge on any atom is -0.465 e. The van der Waals surface area contributed by atoms with E-state index in [1.807, 2.05) is 0 Å². The first-order chi connectivity index (χ1) is 13.0. The Balaban J connectivity index is 2.15. The summed E-state index contributed by atoms with van der Waals surface area (Å²) in [6, 6.07) is 7.89. The highest BCUT2D eigenvalue weighted by molar-refractivity contribution is 6.34. The molecular weight excluding hydrogens is 368 g/mol. The van der Waals surface area contributed by atoms with Gasteiger partial charge in [0.2, 0.25) is 0 Å². The minimum absolute atomic E-state index is 0.159. The van der Waals surface area contributed by atoms with E-state index in [9.17, 15) is 9.59 Å². The molecule has 0 bridgehead atoms. The zero-order chi connectivity index (χ0) is 19.8. The molecular formula is C19H23ClN4O3. The first kappa shape index (κ1) is 20.6. The molecule has 144 valence electrons. The van der Waals surface area contributed by atoms with Gasteiger partial charge in [-0.05, 0) is 43.2 Å². The molecule has 2 aromatic rings. The lowest BCUT2D eigenvalue weighted by Gasteiger charge is -2.21. The van der Waals surface area contributed by atoms with E-state index in [-0.39, 0.29) is 11.3 Å². The fourth-order valence-electron chi connectivity index (χ4n) is 2.55. The fourth-order valence-corrected chi connectivity index (χ4v) is 2.71. The van der Waals surface area contributed by atoms with Crippen LogP contribution in [0, 0.1) is 0 Å². The minimum atomic E-state index is -0.516. The molecule has 0 aliphatic heterocycles. The quantitative estimate of drug-likeness (QED) is 0.690. The van der Waals surface area contributed by atoms with Crippen LogP contribution in [0.4, 0.5) is 11.5 Å². The van der Waals surface area contributed by atoms with Gasteiger partial charge in [-0.25, -0.2) is 4.79 Å². The van der Waals surface area contributed by atoms with Gasteiger partial charge in [0, 0.05) is 13.1 Å². The number of nitrogens with one attached hydrogen (secondary N) is 1. The highest BCUT2D eigenvalue weighted by Gasteiger charge is 2.15. The molecule has 0 aliphatic carbocycles. The predicted molar refractivity (Wildman–Crippen MR) is 106 cm³/mol. The van der Waals surface area contributed by atoms with Crippen LogP contribution < -0.4 is 10.2 Å². The van der Waals surface area contributed by atoms with E-state index in [0.29, 0.717) is 10.7 Å². The van der Waals surface area contributed by atoms with Crippen molar-refractivity contribution in [1.29, 1.82) is 0 Å². The zero-order valence-corrected chi connectivity index (χ0v) is 16.4. The summed E-state index contributed by atoms with van der Waals surface area (Å²) in [5, 5.41) is 11.1. The Morgan fingerprint density at radius 1 is 1.11 bits per heavy atom. The van der Waals surface area contributed by atoms with Crippen LogP contribution >= 0.6 is 11.6 Å². The first-order valence-corrected chi connectivity index (χ1v) is 9.15. The largest absolute Gasteiger partial charge is 0.465 e. The van der Waals surface area contributed by atoms with Crippen molar-refractivity contribution < 1.29 is 14.3 Å². The van der Waals surface area contributed by atoms with Crippen LogP contribution in [-0.4, -0.2) is 42.3 Å². The van der Waals surface area contributed by atoms with Crippen LogP contribution in [0.1, 0.15) is 47.5 Å². The van der Waals surface area contributed by atoms with E-state index in [4.69, 9.17) is 11.6 Å². The molecule has 0 unspecified atom stereocenters. The maximum absolute atomic E-state index is 12.4. The third-order valence-electron chi connectivity index (χ3n) is 3.83. The molecule has 7 nitrogen and oxygen atoms in total. The molecule has 0 saturated heterocycles. The summed E-state index contributed by atoms with van der Waals surface area (Å²) >= 11 is 6.10. The smallest absolute Gasteiger partial charge is 0.337 e. The van der Waals surface area contributed by atoms with Gasteiger partial charge in [-0.15, -0.1) is 10.2 Å². The van der Waals surface area contributed by atoms with Crippen LogP contribution in [0.2, 0.25) is 5.02 Å². The van der Waals surface area contributed by atoms with Crippen molar-refractivity contribution in [2.75, 3.05) is 30.4 Å². The normalized spacial score (nSPS) is 10.4. The van der Waals surface area contributed by atoms with Crippen molar-refractivity contribution in [2.45, 2.75) is 26.7 Å². The van der Waals surface area contributed by atoms with Gasteiger partial charge in [0.05, 0.1) is 23.4 Å². The lowest BCUT2D eigenvalue weighted by molar-refractivity contribution is 0.0600. The Morgan fingerprint density at radius 2 is 1.81 bits per heavy atom. The Hall–Kier alpha value is -2.67. The second-order valence-corrected chi connectivity index (χ2v) is 6.31. The van der Waals surface area contributed by atoms with Gasteiger partial charge in [-0.1, -0.05) is 25.4 Å². The van der Waals surface area contributed by atoms with E-state index in [1.54, 1.807) is 12.1 Å². The monoisotopic (exact) mass is 390 g/mol. The summed E-state index contributed by atoms with van der Waals surface area (Å²) in [5.41, 5.74) is 0.744. The Bertz CT molecular complexity index is 790. The van der Waals surface area contributed by atoms with Crippen LogP contribution in [0.5, 0.6) is 0 Å². The van der Waals surface area contributed by atoms with E-state index in [2.05, 4.69) is 39.0 Å². The van der Waals surface area contributed by atoms with Gasteiger partial charge in [-0.2, -0.15) is 0 Å². The van der Waals surface area contributed by atoms with Crippen LogP contribution in [0.15, 0.2) is 30.3 Å². The molecule has 0 fully saturated rings. The summed E-state index contributed by atoms with van der Waals surface area (Å²) < 4.78 is 4.67. The molecule has 1 aromatic heterocycles. The highest BCUT2D eigenvalue weighted by Crippen LogP contribution is 2.24. The summed E-state index contributed by atoms with van der Waals surface area (Å²) in [7, 11) is 1.28. The molecule has 2 rings (SSSR count). The van der Waals surface area contributed by atoms with Crippen molar-refractivity contribution in [2.24, 2.45) is 0 Å². The second kappa shape index (κ2) is 9.87. The van der Waals surface area contributed by atoms with Gasteiger partial charge in [0.15, 0.2) is 11.5 Å². The van der Waals surface area contributed by atoms with Gasteiger partial charge in [0.1, 0.15) is 0 Å². The molecule has 0 atom stereocenters. The molecule has 1 N–H and O–H groups in total. The van der Waals surface area contributed by atoms with Crippen LogP contribution in [-0.2, 0) is 4.74 Å². The summed E-state index contributed by atoms with van der Waals surface area (Å²) in [6.07, 6.45) is 2.00. The molecule has 27 heavy (non-hydrogen) atoms. The van der Waals surface area contributed by atoms with Crippen LogP contribution in [0.3, 0.4) is 0 Å². The summed E-state index contributed by atoms with van der Waals surface area (Å²) in [5.74, 6) is -0.241. The number of halogens is 1. The number of anilines is 2. The number of carbonyl (C=O) groups is 2. The number of aromatic nitrogens is 2. The molecule has 0 spiro atoms. The molecule has 0 saturated carbocycles. The molecule has 1 amide bonds.